The summed E-state index contributed by atoms with van der Waals surface area (Å²) < 4.78 is 38.3. The van der Waals surface area contributed by atoms with Crippen molar-refractivity contribution in [3.05, 3.63) is 54.4 Å². The van der Waals surface area contributed by atoms with Crippen LogP contribution in [0, 0.1) is 0 Å². The van der Waals surface area contributed by atoms with Gasteiger partial charge in [0.2, 0.25) is 5.91 Å². The molecule has 10 heteroatoms. The summed E-state index contributed by atoms with van der Waals surface area (Å²) in [5.74, 6) is -2.08. The fraction of sp³-hybridized carbons (Fsp3) is 0.167. The standard InChI is InChI=1S/C18H15F3N4O2S/c1-28-13-5-3-12(4-6-13)25-10-22-14-7-2-11(8-15(14)25)17(27)24-23-16(26)9-18(19,20)21/h2-8,10H,9H2,1H3,(H,23,26)(H,24,27). The Balaban J connectivity index is 1.79. The molecule has 0 bridgehead atoms. The number of alkyl halides is 3. The molecule has 0 spiro atoms. The number of hydrogen-bond acceptors (Lipinski definition) is 4. The molecule has 0 atom stereocenters. The lowest BCUT2D eigenvalue weighted by atomic mass is 10.2. The Kier molecular flexibility index (Phi) is 5.59. The number of aromatic nitrogens is 2. The highest BCUT2D eigenvalue weighted by molar-refractivity contribution is 7.98. The van der Waals surface area contributed by atoms with E-state index < -0.39 is 24.4 Å². The van der Waals surface area contributed by atoms with Gasteiger partial charge in [-0.3, -0.25) is 25.0 Å². The zero-order valence-corrected chi connectivity index (χ0v) is 15.4. The smallest absolute Gasteiger partial charge is 0.299 e. The molecule has 0 aliphatic carbocycles. The van der Waals surface area contributed by atoms with Crippen LogP contribution >= 0.6 is 11.8 Å². The van der Waals surface area contributed by atoms with Crippen molar-refractivity contribution in [1.82, 2.24) is 20.4 Å². The van der Waals surface area contributed by atoms with Gasteiger partial charge >= 0.3 is 6.18 Å². The number of fused-ring (bicyclic) bond motifs is 1. The van der Waals surface area contributed by atoms with E-state index in [0.29, 0.717) is 11.0 Å². The van der Waals surface area contributed by atoms with E-state index >= 15 is 0 Å². The first-order chi connectivity index (χ1) is 13.3. The normalized spacial score (nSPS) is 11.4. The number of carbonyl (C=O) groups is 2. The van der Waals surface area contributed by atoms with Crippen LogP contribution in [0.5, 0.6) is 0 Å². The van der Waals surface area contributed by atoms with Crippen molar-refractivity contribution >= 4 is 34.6 Å². The molecular weight excluding hydrogens is 393 g/mol. The first-order valence-electron chi connectivity index (χ1n) is 8.04. The molecule has 0 aliphatic rings. The lowest BCUT2D eigenvalue weighted by Gasteiger charge is -2.10. The highest BCUT2D eigenvalue weighted by Crippen LogP contribution is 2.22. The van der Waals surface area contributed by atoms with E-state index in [-0.39, 0.29) is 5.56 Å². The number of carbonyl (C=O) groups excluding carboxylic acids is 2. The zero-order valence-electron chi connectivity index (χ0n) is 14.6. The lowest BCUT2D eigenvalue weighted by molar-refractivity contribution is -0.154. The van der Waals surface area contributed by atoms with Crippen molar-refractivity contribution in [3.63, 3.8) is 0 Å². The van der Waals surface area contributed by atoms with Crippen LogP contribution in [-0.4, -0.2) is 33.8 Å². The van der Waals surface area contributed by atoms with Crippen LogP contribution < -0.4 is 10.9 Å². The average Bonchev–Trinajstić information content (AvgIpc) is 3.08. The summed E-state index contributed by atoms with van der Waals surface area (Å²) in [7, 11) is 0. The number of nitrogens with zero attached hydrogens (tertiary/aromatic N) is 2. The molecule has 2 N–H and O–H groups in total. The number of halogens is 3. The van der Waals surface area contributed by atoms with E-state index in [1.54, 1.807) is 40.2 Å². The second kappa shape index (κ2) is 7.93. The first-order valence-corrected chi connectivity index (χ1v) is 9.27. The molecule has 28 heavy (non-hydrogen) atoms. The van der Waals surface area contributed by atoms with Crippen LogP contribution in [-0.2, 0) is 4.79 Å². The van der Waals surface area contributed by atoms with Crippen molar-refractivity contribution in [2.75, 3.05) is 6.26 Å². The molecule has 0 saturated carbocycles. The molecule has 0 aliphatic heterocycles. The SMILES string of the molecule is CSc1ccc(-n2cnc3ccc(C(=O)NNC(=O)CC(F)(F)F)cc32)cc1. The predicted molar refractivity (Wildman–Crippen MR) is 99.1 cm³/mol. The van der Waals surface area contributed by atoms with Crippen LogP contribution in [0.3, 0.4) is 0 Å². The van der Waals surface area contributed by atoms with E-state index in [2.05, 4.69) is 4.98 Å². The molecular formula is C18H15F3N4O2S. The minimum Gasteiger partial charge on any atom is -0.299 e. The second-order valence-electron chi connectivity index (χ2n) is 5.81. The van der Waals surface area contributed by atoms with E-state index in [1.807, 2.05) is 35.9 Å². The highest BCUT2D eigenvalue weighted by Gasteiger charge is 2.31. The lowest BCUT2D eigenvalue weighted by Crippen LogP contribution is -2.43. The van der Waals surface area contributed by atoms with Crippen LogP contribution in [0.2, 0.25) is 0 Å². The summed E-state index contributed by atoms with van der Waals surface area (Å²) >= 11 is 1.61. The van der Waals surface area contributed by atoms with Gasteiger partial charge in [-0.2, -0.15) is 13.2 Å². The van der Waals surface area contributed by atoms with Crippen molar-refractivity contribution < 1.29 is 22.8 Å². The number of nitrogens with one attached hydrogen (secondary N) is 2. The number of thioether (sulfide) groups is 1. The van der Waals surface area contributed by atoms with Crippen LogP contribution in [0.15, 0.2) is 53.7 Å². The molecule has 0 saturated heterocycles. The molecule has 6 nitrogen and oxygen atoms in total. The van der Waals surface area contributed by atoms with E-state index in [4.69, 9.17) is 0 Å². The van der Waals surface area contributed by atoms with Crippen LogP contribution in [0.1, 0.15) is 16.8 Å². The van der Waals surface area contributed by atoms with Crippen molar-refractivity contribution in [3.8, 4) is 5.69 Å². The van der Waals surface area contributed by atoms with Gasteiger partial charge in [0.15, 0.2) is 0 Å². The summed E-state index contributed by atoms with van der Waals surface area (Å²) in [6, 6.07) is 12.4. The number of amides is 2. The summed E-state index contributed by atoms with van der Waals surface area (Å²) in [4.78, 5) is 28.8. The Labute approximate surface area is 162 Å². The maximum absolute atomic E-state index is 12.2. The molecule has 3 rings (SSSR count). The molecule has 1 heterocycles. The predicted octanol–water partition coefficient (Wildman–Crippen LogP) is 3.46. The number of rotatable bonds is 4. The fourth-order valence-corrected chi connectivity index (χ4v) is 2.93. The first kappa shape index (κ1) is 19.7. The van der Waals surface area contributed by atoms with Gasteiger partial charge in [-0.05, 0) is 48.7 Å². The summed E-state index contributed by atoms with van der Waals surface area (Å²) in [5.41, 5.74) is 6.04. The average molecular weight is 408 g/mol. The Morgan fingerprint density at radius 2 is 1.82 bits per heavy atom. The Morgan fingerprint density at radius 3 is 2.46 bits per heavy atom. The van der Waals surface area contributed by atoms with Crippen LogP contribution in [0.25, 0.3) is 16.7 Å². The van der Waals surface area contributed by atoms with Gasteiger partial charge in [0, 0.05) is 16.1 Å². The summed E-state index contributed by atoms with van der Waals surface area (Å²) in [6.45, 7) is 0. The Morgan fingerprint density at radius 1 is 1.11 bits per heavy atom. The quantitative estimate of drug-likeness (QED) is 0.512. The number of imidazole rings is 1. The third-order valence-electron chi connectivity index (χ3n) is 3.84. The Bertz CT molecular complexity index is 1020. The fourth-order valence-electron chi connectivity index (χ4n) is 2.52. The number of benzene rings is 2. The third-order valence-corrected chi connectivity index (χ3v) is 4.58. The summed E-state index contributed by atoms with van der Waals surface area (Å²) in [6.07, 6.45) is -2.73. The van der Waals surface area contributed by atoms with Gasteiger partial charge in [0.25, 0.3) is 5.91 Å². The molecule has 0 unspecified atom stereocenters. The monoisotopic (exact) mass is 408 g/mol. The van der Waals surface area contributed by atoms with Gasteiger partial charge in [0.05, 0.1) is 11.0 Å². The maximum atomic E-state index is 12.2. The highest BCUT2D eigenvalue weighted by atomic mass is 32.2. The Hall–Kier alpha value is -3.01. The zero-order chi connectivity index (χ0) is 20.3. The third kappa shape index (κ3) is 4.63. The van der Waals surface area contributed by atoms with E-state index in [1.165, 1.54) is 6.07 Å². The second-order valence-corrected chi connectivity index (χ2v) is 6.69. The molecule has 2 amide bonds. The molecule has 1 aromatic heterocycles. The van der Waals surface area contributed by atoms with Crippen molar-refractivity contribution in [1.29, 1.82) is 0 Å². The van der Waals surface area contributed by atoms with E-state index in [0.717, 1.165) is 10.6 Å². The molecule has 0 radical (unpaired) electrons. The summed E-state index contributed by atoms with van der Waals surface area (Å²) in [5, 5.41) is 0. The topological polar surface area (TPSA) is 76.0 Å². The maximum Gasteiger partial charge on any atom is 0.397 e. The van der Waals surface area contributed by atoms with Gasteiger partial charge in [-0.25, -0.2) is 4.98 Å². The minimum absolute atomic E-state index is 0.169. The van der Waals surface area contributed by atoms with Crippen LogP contribution in [0.4, 0.5) is 13.2 Å². The van der Waals surface area contributed by atoms with Gasteiger partial charge in [-0.15, -0.1) is 11.8 Å². The van der Waals surface area contributed by atoms with Crippen molar-refractivity contribution in [2.24, 2.45) is 0 Å². The molecule has 2 aromatic carbocycles. The van der Waals surface area contributed by atoms with Gasteiger partial charge in [-0.1, -0.05) is 0 Å². The van der Waals surface area contributed by atoms with Gasteiger partial charge < -0.3 is 0 Å². The molecule has 0 fully saturated rings. The van der Waals surface area contributed by atoms with E-state index in [9.17, 15) is 22.8 Å². The number of hydrazine groups is 1. The number of hydrogen-bond donors (Lipinski definition) is 2. The molecule has 3 aromatic rings. The minimum atomic E-state index is -4.65. The molecule has 146 valence electrons. The largest absolute Gasteiger partial charge is 0.397 e. The van der Waals surface area contributed by atoms with Crippen molar-refractivity contribution in [2.45, 2.75) is 17.5 Å². The van der Waals surface area contributed by atoms with Gasteiger partial charge in [0.1, 0.15) is 12.7 Å².